The molecular weight excluding hydrogens is 338 g/mol. The lowest BCUT2D eigenvalue weighted by Gasteiger charge is -2.17. The Balaban J connectivity index is 1.47. The Morgan fingerprint density at radius 2 is 1.89 bits per heavy atom. The van der Waals surface area contributed by atoms with Gasteiger partial charge < -0.3 is 20.1 Å². The summed E-state index contributed by atoms with van der Waals surface area (Å²) in [6.07, 6.45) is 2.10. The van der Waals surface area contributed by atoms with Gasteiger partial charge in [-0.05, 0) is 29.2 Å². The third kappa shape index (κ3) is 5.47. The zero-order valence-corrected chi connectivity index (χ0v) is 16.2. The first-order valence-corrected chi connectivity index (χ1v) is 9.63. The maximum Gasteiger partial charge on any atom is 0.191 e. The molecule has 0 spiro atoms. The zero-order valence-electron chi connectivity index (χ0n) is 16.2. The number of aliphatic imine (C=N–C) groups is 1. The van der Waals surface area contributed by atoms with Gasteiger partial charge in [-0.3, -0.25) is 4.99 Å². The summed E-state index contributed by atoms with van der Waals surface area (Å²) in [4.78, 5) is 4.33. The minimum absolute atomic E-state index is 0.135. The highest BCUT2D eigenvalue weighted by Gasteiger charge is 2.22. The Morgan fingerprint density at radius 3 is 2.67 bits per heavy atom. The van der Waals surface area contributed by atoms with Gasteiger partial charge in [0.2, 0.25) is 0 Å². The Hall–Kier alpha value is -2.53. The van der Waals surface area contributed by atoms with Crippen LogP contribution in [0.3, 0.4) is 0 Å². The highest BCUT2D eigenvalue weighted by Crippen LogP contribution is 2.27. The van der Waals surface area contributed by atoms with Crippen LogP contribution in [-0.4, -0.2) is 32.3 Å². The predicted octanol–water partition coefficient (Wildman–Crippen LogP) is 3.28. The first-order valence-electron chi connectivity index (χ1n) is 9.63. The minimum atomic E-state index is 0.135. The van der Waals surface area contributed by atoms with E-state index in [9.17, 15) is 0 Å². The first-order chi connectivity index (χ1) is 13.3. The van der Waals surface area contributed by atoms with E-state index in [2.05, 4.69) is 58.9 Å². The fourth-order valence-corrected chi connectivity index (χ4v) is 3.18. The Morgan fingerprint density at radius 1 is 1.11 bits per heavy atom. The molecule has 144 valence electrons. The van der Waals surface area contributed by atoms with Crippen molar-refractivity contribution in [3.8, 4) is 5.75 Å². The van der Waals surface area contributed by atoms with Crippen molar-refractivity contribution in [2.75, 3.05) is 20.2 Å². The van der Waals surface area contributed by atoms with Crippen molar-refractivity contribution in [3.05, 3.63) is 65.2 Å². The van der Waals surface area contributed by atoms with Gasteiger partial charge in [0.15, 0.2) is 5.96 Å². The molecule has 0 fully saturated rings. The molecule has 27 heavy (non-hydrogen) atoms. The normalized spacial score (nSPS) is 15.9. The Bertz CT molecular complexity index is 736. The number of rotatable bonds is 8. The zero-order chi connectivity index (χ0) is 18.9. The van der Waals surface area contributed by atoms with Crippen LogP contribution in [0, 0.1) is 0 Å². The number of ether oxygens (including phenoxy) is 2. The lowest BCUT2D eigenvalue weighted by atomic mass is 10.1. The summed E-state index contributed by atoms with van der Waals surface area (Å²) in [6, 6.07) is 16.6. The molecule has 1 atom stereocenters. The minimum Gasteiger partial charge on any atom is -0.488 e. The lowest BCUT2D eigenvalue weighted by Crippen LogP contribution is -2.42. The standard InChI is InChI=1S/C22H29N3O2/c1-3-12-26-16-19-10-5-4-9-18(19)14-24-22(23-2)25-15-20-13-17-8-6-7-11-21(17)27-20/h4-11,20H,3,12-16H2,1-2H3,(H2,23,24,25). The Kier molecular flexibility index (Phi) is 7.11. The van der Waals surface area contributed by atoms with Crippen molar-refractivity contribution in [2.45, 2.75) is 39.0 Å². The molecule has 5 heteroatoms. The van der Waals surface area contributed by atoms with Gasteiger partial charge in [-0.15, -0.1) is 0 Å². The van der Waals surface area contributed by atoms with Crippen molar-refractivity contribution in [1.82, 2.24) is 10.6 Å². The maximum absolute atomic E-state index is 5.98. The summed E-state index contributed by atoms with van der Waals surface area (Å²) in [7, 11) is 1.79. The molecular formula is C22H29N3O2. The lowest BCUT2D eigenvalue weighted by molar-refractivity contribution is 0.121. The van der Waals surface area contributed by atoms with Crippen molar-refractivity contribution < 1.29 is 9.47 Å². The van der Waals surface area contributed by atoms with E-state index in [4.69, 9.17) is 9.47 Å². The van der Waals surface area contributed by atoms with Crippen molar-refractivity contribution >= 4 is 5.96 Å². The van der Waals surface area contributed by atoms with E-state index in [-0.39, 0.29) is 6.10 Å². The van der Waals surface area contributed by atoms with Crippen LogP contribution in [0.4, 0.5) is 0 Å². The highest BCUT2D eigenvalue weighted by atomic mass is 16.5. The van der Waals surface area contributed by atoms with E-state index in [1.165, 1.54) is 16.7 Å². The third-order valence-corrected chi connectivity index (χ3v) is 4.61. The van der Waals surface area contributed by atoms with Gasteiger partial charge in [0.1, 0.15) is 11.9 Å². The number of nitrogens with zero attached hydrogens (tertiary/aromatic N) is 1. The number of hydrogen-bond acceptors (Lipinski definition) is 3. The molecule has 0 saturated heterocycles. The number of nitrogens with one attached hydrogen (secondary N) is 2. The maximum atomic E-state index is 5.98. The van der Waals surface area contributed by atoms with Gasteiger partial charge >= 0.3 is 0 Å². The third-order valence-electron chi connectivity index (χ3n) is 4.61. The molecule has 1 aliphatic heterocycles. The first kappa shape index (κ1) is 19.2. The number of hydrogen-bond donors (Lipinski definition) is 2. The largest absolute Gasteiger partial charge is 0.488 e. The van der Waals surface area contributed by atoms with Gasteiger partial charge in [0, 0.05) is 26.6 Å². The molecule has 2 aromatic carbocycles. The van der Waals surface area contributed by atoms with Crippen molar-refractivity contribution in [2.24, 2.45) is 4.99 Å². The summed E-state index contributed by atoms with van der Waals surface area (Å²) in [5, 5.41) is 6.76. The summed E-state index contributed by atoms with van der Waals surface area (Å²) in [5.74, 6) is 1.77. The topological polar surface area (TPSA) is 54.9 Å². The second-order valence-corrected chi connectivity index (χ2v) is 6.68. The fourth-order valence-electron chi connectivity index (χ4n) is 3.18. The summed E-state index contributed by atoms with van der Waals surface area (Å²) in [6.45, 7) is 4.98. The number of fused-ring (bicyclic) bond motifs is 1. The van der Waals surface area contributed by atoms with Crippen LogP contribution in [0.2, 0.25) is 0 Å². The number of guanidine groups is 1. The quantitative estimate of drug-likeness (QED) is 0.427. The van der Waals surface area contributed by atoms with Gasteiger partial charge in [0.05, 0.1) is 13.2 Å². The molecule has 5 nitrogen and oxygen atoms in total. The molecule has 2 aromatic rings. The molecule has 0 radical (unpaired) electrons. The van der Waals surface area contributed by atoms with Crippen LogP contribution in [0.15, 0.2) is 53.5 Å². The monoisotopic (exact) mass is 367 g/mol. The molecule has 0 amide bonds. The summed E-state index contributed by atoms with van der Waals surface area (Å²) >= 11 is 0. The van der Waals surface area contributed by atoms with Crippen LogP contribution in [0.1, 0.15) is 30.0 Å². The molecule has 1 aliphatic rings. The molecule has 0 saturated carbocycles. The van der Waals surface area contributed by atoms with Crippen LogP contribution in [0.25, 0.3) is 0 Å². The average Bonchev–Trinajstić information content (AvgIpc) is 3.12. The van der Waals surface area contributed by atoms with Crippen LogP contribution < -0.4 is 15.4 Å². The number of para-hydroxylation sites is 1. The van der Waals surface area contributed by atoms with Gasteiger partial charge in [-0.1, -0.05) is 49.4 Å². The van der Waals surface area contributed by atoms with E-state index >= 15 is 0 Å². The summed E-state index contributed by atoms with van der Waals surface area (Å²) < 4.78 is 11.7. The van der Waals surface area contributed by atoms with Crippen LogP contribution >= 0.6 is 0 Å². The summed E-state index contributed by atoms with van der Waals surface area (Å²) in [5.41, 5.74) is 3.71. The second kappa shape index (κ2) is 9.97. The van der Waals surface area contributed by atoms with E-state index in [1.54, 1.807) is 7.05 Å². The van der Waals surface area contributed by atoms with Crippen molar-refractivity contribution in [3.63, 3.8) is 0 Å². The van der Waals surface area contributed by atoms with Gasteiger partial charge in [-0.25, -0.2) is 0 Å². The molecule has 0 bridgehead atoms. The SMILES string of the molecule is CCCOCc1ccccc1CNC(=NC)NCC1Cc2ccccc2O1. The van der Waals surface area contributed by atoms with Crippen molar-refractivity contribution in [1.29, 1.82) is 0 Å². The second-order valence-electron chi connectivity index (χ2n) is 6.68. The fraction of sp³-hybridized carbons (Fsp3) is 0.409. The highest BCUT2D eigenvalue weighted by molar-refractivity contribution is 5.79. The predicted molar refractivity (Wildman–Crippen MR) is 109 cm³/mol. The van der Waals surface area contributed by atoms with E-state index < -0.39 is 0 Å². The van der Waals surface area contributed by atoms with Gasteiger partial charge in [-0.2, -0.15) is 0 Å². The van der Waals surface area contributed by atoms with Crippen LogP contribution in [-0.2, 0) is 24.3 Å². The smallest absolute Gasteiger partial charge is 0.191 e. The average molecular weight is 367 g/mol. The van der Waals surface area contributed by atoms with E-state index in [1.807, 2.05) is 12.1 Å². The van der Waals surface area contributed by atoms with E-state index in [0.717, 1.165) is 37.7 Å². The van der Waals surface area contributed by atoms with Crippen LogP contribution in [0.5, 0.6) is 5.75 Å². The molecule has 0 aromatic heterocycles. The molecule has 3 rings (SSSR count). The molecule has 1 heterocycles. The molecule has 0 aliphatic carbocycles. The molecule has 1 unspecified atom stereocenters. The van der Waals surface area contributed by atoms with Gasteiger partial charge in [0.25, 0.3) is 0 Å². The number of benzene rings is 2. The molecule has 2 N–H and O–H groups in total. The van der Waals surface area contributed by atoms with E-state index in [0.29, 0.717) is 13.2 Å². The Labute approximate surface area is 161 Å².